The number of esters is 1. The Morgan fingerprint density at radius 1 is 1.62 bits per heavy atom. The number of ether oxygens (including phenoxy) is 1. The van der Waals surface area contributed by atoms with Crippen molar-refractivity contribution in [3.05, 3.63) is 0 Å². The van der Waals surface area contributed by atoms with Crippen LogP contribution in [0.1, 0.15) is 6.92 Å². The summed E-state index contributed by atoms with van der Waals surface area (Å²) < 4.78 is 4.70. The van der Waals surface area contributed by atoms with Crippen LogP contribution in [0.25, 0.3) is 0 Å². The van der Waals surface area contributed by atoms with Gasteiger partial charge in [-0.05, 0) is 6.92 Å². The van der Waals surface area contributed by atoms with Crippen molar-refractivity contribution in [2.45, 2.75) is 12.2 Å². The number of carbonyl (C=O) groups excluding carboxylic acids is 1. The Labute approximate surface area is 87.2 Å². The minimum Gasteiger partial charge on any atom is -0.456 e. The number of hydrogen-bond acceptors (Lipinski definition) is 4. The summed E-state index contributed by atoms with van der Waals surface area (Å²) in [5.74, 6) is 8.38. The highest BCUT2D eigenvalue weighted by Crippen LogP contribution is 2.22. The Morgan fingerprint density at radius 2 is 2.46 bits per heavy atom. The first-order valence-electron chi connectivity index (χ1n) is 4.20. The molecule has 1 unspecified atom stereocenters. The Hall–Kier alpha value is -0.270. The van der Waals surface area contributed by atoms with Gasteiger partial charge in [-0.2, -0.15) is 11.8 Å². The van der Waals surface area contributed by atoms with Gasteiger partial charge in [-0.15, -0.1) is 11.8 Å². The molecule has 1 rings (SSSR count). The topological polar surface area (TPSA) is 26.3 Å². The smallest absolute Gasteiger partial charge is 0.384 e. The molecule has 2 nitrogen and oxygen atoms in total. The van der Waals surface area contributed by atoms with Crippen LogP contribution in [-0.2, 0) is 9.53 Å². The van der Waals surface area contributed by atoms with E-state index in [-0.39, 0.29) is 0 Å². The molecule has 1 aliphatic rings. The zero-order chi connectivity index (χ0) is 9.52. The lowest BCUT2D eigenvalue weighted by Crippen LogP contribution is -2.12. The maximum atomic E-state index is 10.9. The summed E-state index contributed by atoms with van der Waals surface area (Å²) in [6.45, 7) is 2.19. The van der Waals surface area contributed by atoms with Crippen molar-refractivity contribution in [1.29, 1.82) is 0 Å². The Balaban J connectivity index is 2.31. The van der Waals surface area contributed by atoms with E-state index < -0.39 is 5.97 Å². The fourth-order valence-corrected chi connectivity index (χ4v) is 3.30. The van der Waals surface area contributed by atoms with Crippen LogP contribution >= 0.6 is 23.5 Å². The van der Waals surface area contributed by atoms with Gasteiger partial charge >= 0.3 is 5.97 Å². The van der Waals surface area contributed by atoms with Crippen LogP contribution in [0, 0.1) is 11.8 Å². The molecule has 72 valence electrons. The fourth-order valence-electron chi connectivity index (χ4n) is 0.878. The molecule has 0 N–H and O–H groups in total. The Kier molecular flexibility index (Phi) is 5.18. The van der Waals surface area contributed by atoms with Gasteiger partial charge in [-0.3, -0.25) is 0 Å². The van der Waals surface area contributed by atoms with Crippen LogP contribution < -0.4 is 0 Å². The van der Waals surface area contributed by atoms with Crippen LogP contribution in [-0.4, -0.2) is 35.1 Å². The third kappa shape index (κ3) is 4.49. The summed E-state index contributed by atoms with van der Waals surface area (Å²) >= 11 is 3.71. The molecular formula is C9H12O2S2. The van der Waals surface area contributed by atoms with Crippen molar-refractivity contribution in [3.8, 4) is 11.8 Å². The number of carbonyl (C=O) groups is 1. The molecule has 1 atom stereocenters. The third-order valence-electron chi connectivity index (χ3n) is 1.43. The Bertz CT molecular complexity index is 224. The molecule has 1 aliphatic heterocycles. The van der Waals surface area contributed by atoms with Crippen LogP contribution in [0.3, 0.4) is 0 Å². The van der Waals surface area contributed by atoms with Crippen molar-refractivity contribution in [2.24, 2.45) is 0 Å². The van der Waals surface area contributed by atoms with Gasteiger partial charge in [0.15, 0.2) is 0 Å². The second-order valence-corrected chi connectivity index (χ2v) is 4.88. The highest BCUT2D eigenvalue weighted by molar-refractivity contribution is 8.06. The summed E-state index contributed by atoms with van der Waals surface area (Å²) in [6.07, 6.45) is 0. The van der Waals surface area contributed by atoms with Crippen molar-refractivity contribution in [1.82, 2.24) is 0 Å². The second-order valence-electron chi connectivity index (χ2n) is 2.42. The predicted octanol–water partition coefficient (Wildman–Crippen LogP) is 1.40. The number of rotatable bonds is 1. The molecule has 0 spiro atoms. The number of hydrogen-bond donors (Lipinski definition) is 0. The standard InChI is InChI=1S/C9H12O2S2/c1-2-11-9(10)4-3-8-7-12-5-6-13-8/h8H,2,5-7H2,1H3. The highest BCUT2D eigenvalue weighted by Gasteiger charge is 2.11. The third-order valence-corrected chi connectivity index (χ3v) is 4.08. The molecule has 0 amide bonds. The van der Waals surface area contributed by atoms with Gasteiger partial charge in [0.25, 0.3) is 0 Å². The average molecular weight is 216 g/mol. The SMILES string of the molecule is CCOC(=O)C#CC1CSCCS1. The minimum atomic E-state index is -0.404. The summed E-state index contributed by atoms with van der Waals surface area (Å²) in [7, 11) is 0. The van der Waals surface area contributed by atoms with Gasteiger partial charge in [-0.25, -0.2) is 4.79 Å². The maximum absolute atomic E-state index is 10.9. The maximum Gasteiger partial charge on any atom is 0.384 e. The molecule has 0 radical (unpaired) electrons. The lowest BCUT2D eigenvalue weighted by Gasteiger charge is -2.14. The first-order valence-corrected chi connectivity index (χ1v) is 6.41. The minimum absolute atomic E-state index is 0.308. The molecule has 1 saturated heterocycles. The van der Waals surface area contributed by atoms with E-state index in [0.29, 0.717) is 11.9 Å². The highest BCUT2D eigenvalue weighted by atomic mass is 32.2. The summed E-state index contributed by atoms with van der Waals surface area (Å²) in [6, 6.07) is 0. The van der Waals surface area contributed by atoms with E-state index in [1.54, 1.807) is 6.92 Å². The molecule has 13 heavy (non-hydrogen) atoms. The molecule has 4 heteroatoms. The van der Waals surface area contributed by atoms with Crippen LogP contribution in [0.5, 0.6) is 0 Å². The lowest BCUT2D eigenvalue weighted by atomic mass is 10.4. The fraction of sp³-hybridized carbons (Fsp3) is 0.667. The summed E-state index contributed by atoms with van der Waals surface area (Å²) in [5, 5.41) is 0.308. The molecular weight excluding hydrogens is 204 g/mol. The van der Waals surface area contributed by atoms with Gasteiger partial charge in [0.05, 0.1) is 11.9 Å². The first kappa shape index (κ1) is 10.8. The van der Waals surface area contributed by atoms with Crippen molar-refractivity contribution >= 4 is 29.5 Å². The summed E-state index contributed by atoms with van der Waals surface area (Å²) in [4.78, 5) is 10.9. The molecule has 0 aliphatic carbocycles. The average Bonchev–Trinajstić information content (AvgIpc) is 2.17. The van der Waals surface area contributed by atoms with E-state index in [1.165, 1.54) is 5.75 Å². The molecule has 0 aromatic rings. The largest absolute Gasteiger partial charge is 0.456 e. The van der Waals surface area contributed by atoms with E-state index in [2.05, 4.69) is 11.8 Å². The van der Waals surface area contributed by atoms with Gasteiger partial charge in [0, 0.05) is 23.2 Å². The normalized spacial score (nSPS) is 21.5. The summed E-state index contributed by atoms with van der Waals surface area (Å²) in [5.41, 5.74) is 0. The van der Waals surface area contributed by atoms with E-state index in [4.69, 9.17) is 4.74 Å². The van der Waals surface area contributed by atoms with E-state index in [0.717, 1.165) is 11.5 Å². The zero-order valence-corrected chi connectivity index (χ0v) is 9.17. The van der Waals surface area contributed by atoms with Crippen LogP contribution in [0.2, 0.25) is 0 Å². The molecule has 1 fully saturated rings. The molecule has 0 bridgehead atoms. The van der Waals surface area contributed by atoms with Gasteiger partial charge in [-0.1, -0.05) is 5.92 Å². The van der Waals surface area contributed by atoms with Gasteiger partial charge in [0.1, 0.15) is 0 Å². The lowest BCUT2D eigenvalue weighted by molar-refractivity contribution is -0.136. The molecule has 0 saturated carbocycles. The Morgan fingerprint density at radius 3 is 3.08 bits per heavy atom. The van der Waals surface area contributed by atoms with E-state index >= 15 is 0 Å². The monoisotopic (exact) mass is 216 g/mol. The van der Waals surface area contributed by atoms with Crippen molar-refractivity contribution in [3.63, 3.8) is 0 Å². The number of thioether (sulfide) groups is 2. The molecule has 0 aromatic carbocycles. The van der Waals surface area contributed by atoms with Gasteiger partial charge in [0.2, 0.25) is 0 Å². The predicted molar refractivity (Wildman–Crippen MR) is 58.0 cm³/mol. The van der Waals surface area contributed by atoms with Crippen LogP contribution in [0.15, 0.2) is 0 Å². The zero-order valence-electron chi connectivity index (χ0n) is 7.54. The quantitative estimate of drug-likeness (QED) is 0.376. The molecule has 1 heterocycles. The van der Waals surface area contributed by atoms with Crippen molar-refractivity contribution in [2.75, 3.05) is 23.9 Å². The molecule has 0 aromatic heterocycles. The first-order chi connectivity index (χ1) is 6.33. The van der Waals surface area contributed by atoms with Crippen LogP contribution in [0.4, 0.5) is 0 Å². The van der Waals surface area contributed by atoms with Gasteiger partial charge < -0.3 is 4.74 Å². The van der Waals surface area contributed by atoms with Crippen molar-refractivity contribution < 1.29 is 9.53 Å². The van der Waals surface area contributed by atoms with E-state index in [9.17, 15) is 4.79 Å². The second kappa shape index (κ2) is 6.22. The van der Waals surface area contributed by atoms with E-state index in [1.807, 2.05) is 23.5 Å².